The summed E-state index contributed by atoms with van der Waals surface area (Å²) in [6, 6.07) is 1.99. The fraction of sp³-hybridized carbons (Fsp3) is 0.667. The van der Waals surface area contributed by atoms with Crippen LogP contribution in [0.4, 0.5) is 0 Å². The molecule has 17 heavy (non-hydrogen) atoms. The lowest BCUT2D eigenvalue weighted by molar-refractivity contribution is 0.0171. The third kappa shape index (κ3) is 2.68. The number of aryl methyl sites for hydroxylation is 1. The van der Waals surface area contributed by atoms with Crippen LogP contribution in [0.5, 0.6) is 0 Å². The van der Waals surface area contributed by atoms with Gasteiger partial charge in [-0.05, 0) is 56.1 Å². The Morgan fingerprint density at radius 1 is 1.18 bits per heavy atom. The minimum Gasteiger partial charge on any atom is -0.385 e. The molecule has 1 heterocycles. The van der Waals surface area contributed by atoms with E-state index in [4.69, 9.17) is 0 Å². The van der Waals surface area contributed by atoms with Crippen molar-refractivity contribution in [1.82, 2.24) is 4.98 Å². The largest absolute Gasteiger partial charge is 0.385 e. The molecule has 94 valence electrons. The summed E-state index contributed by atoms with van der Waals surface area (Å²) in [5.41, 5.74) is 1.88. The van der Waals surface area contributed by atoms with Crippen LogP contribution in [0.25, 0.3) is 0 Å². The number of pyridine rings is 1. The van der Waals surface area contributed by atoms with E-state index in [1.807, 2.05) is 12.3 Å². The highest BCUT2D eigenvalue weighted by Crippen LogP contribution is 2.43. The number of nitrogens with zero attached hydrogens (tertiary/aromatic N) is 1. The molecule has 1 fully saturated rings. The maximum Gasteiger partial charge on any atom is 0.0914 e. The highest BCUT2D eigenvalue weighted by atomic mass is 16.3. The van der Waals surface area contributed by atoms with Crippen molar-refractivity contribution in [3.8, 4) is 0 Å². The Morgan fingerprint density at radius 2 is 1.94 bits per heavy atom. The van der Waals surface area contributed by atoms with Gasteiger partial charge in [0.2, 0.25) is 0 Å². The number of hydrogen-bond donors (Lipinski definition) is 1. The van der Waals surface area contributed by atoms with Crippen molar-refractivity contribution in [2.45, 2.75) is 58.5 Å². The van der Waals surface area contributed by atoms with Gasteiger partial charge < -0.3 is 5.11 Å². The minimum absolute atomic E-state index is 0.362. The molecule has 1 aromatic heterocycles. The van der Waals surface area contributed by atoms with Gasteiger partial charge >= 0.3 is 0 Å². The van der Waals surface area contributed by atoms with Crippen molar-refractivity contribution in [2.24, 2.45) is 5.41 Å². The topological polar surface area (TPSA) is 33.1 Å². The van der Waals surface area contributed by atoms with Crippen molar-refractivity contribution in [1.29, 1.82) is 0 Å². The Morgan fingerprint density at radius 3 is 2.65 bits per heavy atom. The van der Waals surface area contributed by atoms with Gasteiger partial charge in [-0.2, -0.15) is 0 Å². The highest BCUT2D eigenvalue weighted by molar-refractivity contribution is 5.28. The van der Waals surface area contributed by atoms with Gasteiger partial charge in [0.1, 0.15) is 0 Å². The molecule has 2 rings (SSSR count). The van der Waals surface area contributed by atoms with Crippen LogP contribution < -0.4 is 0 Å². The first-order valence-corrected chi connectivity index (χ1v) is 6.56. The molecule has 0 radical (unpaired) electrons. The van der Waals surface area contributed by atoms with E-state index in [0.29, 0.717) is 5.41 Å². The van der Waals surface area contributed by atoms with E-state index in [2.05, 4.69) is 25.8 Å². The monoisotopic (exact) mass is 233 g/mol. The van der Waals surface area contributed by atoms with Gasteiger partial charge in [-0.25, -0.2) is 0 Å². The molecular formula is C15H23NO. The first-order valence-electron chi connectivity index (χ1n) is 6.56. The number of aliphatic hydroxyl groups is 1. The molecule has 0 amide bonds. The standard InChI is InChI=1S/C15H23NO/c1-12-5-10-16-11-13(12)15(17)7-4-6-14(2,3)8-9-15/h5,10-11,17H,4,6-9H2,1-3H3. The van der Waals surface area contributed by atoms with Crippen LogP contribution in [0.1, 0.15) is 57.1 Å². The normalized spacial score (nSPS) is 28.7. The van der Waals surface area contributed by atoms with Gasteiger partial charge in [0.25, 0.3) is 0 Å². The molecule has 0 spiro atoms. The minimum atomic E-state index is -0.661. The first-order chi connectivity index (χ1) is 7.93. The van der Waals surface area contributed by atoms with Crippen LogP contribution in [0.3, 0.4) is 0 Å². The maximum absolute atomic E-state index is 10.9. The summed E-state index contributed by atoms with van der Waals surface area (Å²) < 4.78 is 0. The third-order valence-electron chi connectivity index (χ3n) is 4.20. The number of hydrogen-bond acceptors (Lipinski definition) is 2. The van der Waals surface area contributed by atoms with Gasteiger partial charge in [0.15, 0.2) is 0 Å². The smallest absolute Gasteiger partial charge is 0.0914 e. The van der Waals surface area contributed by atoms with Crippen molar-refractivity contribution in [3.05, 3.63) is 29.6 Å². The van der Waals surface area contributed by atoms with Crippen LogP contribution in [0, 0.1) is 12.3 Å². The van der Waals surface area contributed by atoms with E-state index in [1.54, 1.807) is 6.20 Å². The molecule has 1 aliphatic carbocycles. The molecule has 0 aliphatic heterocycles. The zero-order chi connectivity index (χ0) is 12.5. The molecule has 0 aromatic carbocycles. The van der Waals surface area contributed by atoms with Gasteiger partial charge in [-0.1, -0.05) is 13.8 Å². The second-order valence-corrected chi connectivity index (χ2v) is 6.24. The van der Waals surface area contributed by atoms with Crippen molar-refractivity contribution < 1.29 is 5.11 Å². The maximum atomic E-state index is 10.9. The van der Waals surface area contributed by atoms with Crippen LogP contribution in [0.2, 0.25) is 0 Å². The summed E-state index contributed by atoms with van der Waals surface area (Å²) in [6.45, 7) is 6.66. The van der Waals surface area contributed by atoms with Gasteiger partial charge in [0.05, 0.1) is 5.60 Å². The average Bonchev–Trinajstić information content (AvgIpc) is 2.40. The second kappa shape index (κ2) is 4.41. The second-order valence-electron chi connectivity index (χ2n) is 6.24. The quantitative estimate of drug-likeness (QED) is 0.752. The molecule has 2 nitrogen and oxygen atoms in total. The Kier molecular flexibility index (Phi) is 3.26. The number of rotatable bonds is 1. The zero-order valence-corrected chi connectivity index (χ0v) is 11.2. The lowest BCUT2D eigenvalue weighted by atomic mass is 9.82. The van der Waals surface area contributed by atoms with Crippen LogP contribution in [-0.4, -0.2) is 10.1 Å². The lowest BCUT2D eigenvalue weighted by Gasteiger charge is -2.29. The molecular weight excluding hydrogens is 210 g/mol. The van der Waals surface area contributed by atoms with E-state index in [1.165, 1.54) is 6.42 Å². The molecule has 1 N–H and O–H groups in total. The Labute approximate surface area is 104 Å². The Hall–Kier alpha value is -0.890. The van der Waals surface area contributed by atoms with E-state index >= 15 is 0 Å². The first kappa shape index (κ1) is 12.6. The van der Waals surface area contributed by atoms with Gasteiger partial charge in [-0.3, -0.25) is 4.98 Å². The Bertz CT molecular complexity index is 400. The highest BCUT2D eigenvalue weighted by Gasteiger charge is 2.36. The lowest BCUT2D eigenvalue weighted by Crippen LogP contribution is -2.26. The zero-order valence-electron chi connectivity index (χ0n) is 11.2. The SMILES string of the molecule is Cc1ccncc1C1(O)CCCC(C)(C)CC1. The van der Waals surface area contributed by atoms with Crippen molar-refractivity contribution >= 4 is 0 Å². The van der Waals surface area contributed by atoms with E-state index in [0.717, 1.165) is 36.8 Å². The van der Waals surface area contributed by atoms with Crippen LogP contribution in [0.15, 0.2) is 18.5 Å². The molecule has 1 aliphatic rings. The van der Waals surface area contributed by atoms with Gasteiger partial charge in [-0.15, -0.1) is 0 Å². The fourth-order valence-corrected chi connectivity index (χ4v) is 2.88. The molecule has 2 heteroatoms. The predicted molar refractivity (Wildman–Crippen MR) is 69.7 cm³/mol. The molecule has 1 unspecified atom stereocenters. The molecule has 1 aromatic rings. The summed E-state index contributed by atoms with van der Waals surface area (Å²) in [7, 11) is 0. The summed E-state index contributed by atoms with van der Waals surface area (Å²) >= 11 is 0. The predicted octanol–water partition coefficient (Wildman–Crippen LogP) is 3.57. The Balaban J connectivity index is 2.28. The van der Waals surface area contributed by atoms with Gasteiger partial charge in [0, 0.05) is 18.0 Å². The molecule has 0 bridgehead atoms. The molecule has 1 saturated carbocycles. The molecule has 1 atom stereocenters. The fourth-order valence-electron chi connectivity index (χ4n) is 2.88. The van der Waals surface area contributed by atoms with E-state index in [-0.39, 0.29) is 0 Å². The summed E-state index contributed by atoms with van der Waals surface area (Å²) in [6.07, 6.45) is 8.73. The summed E-state index contributed by atoms with van der Waals surface area (Å²) in [4.78, 5) is 4.17. The summed E-state index contributed by atoms with van der Waals surface area (Å²) in [5, 5.41) is 10.9. The summed E-state index contributed by atoms with van der Waals surface area (Å²) in [5.74, 6) is 0. The van der Waals surface area contributed by atoms with Crippen molar-refractivity contribution in [2.75, 3.05) is 0 Å². The average molecular weight is 233 g/mol. The third-order valence-corrected chi connectivity index (χ3v) is 4.20. The molecule has 0 saturated heterocycles. The van der Waals surface area contributed by atoms with Crippen molar-refractivity contribution in [3.63, 3.8) is 0 Å². The van der Waals surface area contributed by atoms with Crippen LogP contribution in [-0.2, 0) is 5.60 Å². The van der Waals surface area contributed by atoms with E-state index in [9.17, 15) is 5.11 Å². The number of aromatic nitrogens is 1. The van der Waals surface area contributed by atoms with Crippen LogP contribution >= 0.6 is 0 Å². The van der Waals surface area contributed by atoms with E-state index < -0.39 is 5.60 Å².